The second kappa shape index (κ2) is 7.13. The molecule has 8 heteroatoms. The minimum Gasteiger partial charge on any atom is -0.354 e. The van der Waals surface area contributed by atoms with E-state index in [1.54, 1.807) is 28.8 Å². The summed E-state index contributed by atoms with van der Waals surface area (Å²) >= 11 is 0. The summed E-state index contributed by atoms with van der Waals surface area (Å²) in [5.41, 5.74) is 0.938. The van der Waals surface area contributed by atoms with E-state index in [1.165, 1.54) is 0 Å². The van der Waals surface area contributed by atoms with Crippen molar-refractivity contribution in [3.05, 3.63) is 66.7 Å². The third kappa shape index (κ3) is 3.58. The number of rotatable bonds is 4. The van der Waals surface area contributed by atoms with Crippen LogP contribution < -0.4 is 4.90 Å². The van der Waals surface area contributed by atoms with Crippen LogP contribution in [0.5, 0.6) is 0 Å². The van der Waals surface area contributed by atoms with Gasteiger partial charge >= 0.3 is 0 Å². The fourth-order valence-electron chi connectivity index (χ4n) is 3.22. The topological polar surface area (TPSA) is 71.3 Å². The Morgan fingerprint density at radius 3 is 2.30 bits per heavy atom. The lowest BCUT2D eigenvalue weighted by molar-refractivity contribution is 0.383. The first-order valence-corrected chi connectivity index (χ1v) is 10.3. The highest BCUT2D eigenvalue weighted by molar-refractivity contribution is 7.89. The minimum atomic E-state index is -3.46. The average Bonchev–Trinajstić information content (AvgIpc) is 3.23. The molecule has 0 radical (unpaired) electrons. The molecule has 0 atom stereocenters. The second-order valence-electron chi connectivity index (χ2n) is 6.53. The summed E-state index contributed by atoms with van der Waals surface area (Å²) in [6.07, 6.45) is 5.40. The van der Waals surface area contributed by atoms with Gasteiger partial charge in [0.05, 0.1) is 4.90 Å². The van der Waals surface area contributed by atoms with Crippen LogP contribution in [0.15, 0.2) is 66.1 Å². The lowest BCUT2D eigenvalue weighted by Gasteiger charge is -2.34. The van der Waals surface area contributed by atoms with Crippen LogP contribution >= 0.6 is 0 Å². The molecule has 2 aromatic heterocycles. The van der Waals surface area contributed by atoms with E-state index in [-0.39, 0.29) is 0 Å². The van der Waals surface area contributed by atoms with Crippen molar-refractivity contribution in [2.45, 2.75) is 11.8 Å². The molecule has 0 unspecified atom stereocenters. The van der Waals surface area contributed by atoms with E-state index in [9.17, 15) is 8.42 Å². The Morgan fingerprint density at radius 2 is 1.59 bits per heavy atom. The molecule has 0 N–H and O–H groups in total. The Labute approximate surface area is 159 Å². The van der Waals surface area contributed by atoms with Crippen LogP contribution in [0, 0.1) is 6.92 Å². The summed E-state index contributed by atoms with van der Waals surface area (Å²) in [6.45, 7) is 3.94. The lowest BCUT2D eigenvalue weighted by Crippen LogP contribution is -2.49. The van der Waals surface area contributed by atoms with Crippen molar-refractivity contribution in [1.29, 1.82) is 0 Å². The maximum absolute atomic E-state index is 12.9. The number of anilines is 1. The molecule has 3 heterocycles. The van der Waals surface area contributed by atoms with Crippen molar-refractivity contribution in [3.63, 3.8) is 0 Å². The molecule has 0 spiro atoms. The normalized spacial score (nSPS) is 15.8. The monoisotopic (exact) mass is 383 g/mol. The smallest absolute Gasteiger partial charge is 0.243 e. The number of aromatic nitrogens is 3. The Bertz CT molecular complexity index is 1030. The first-order chi connectivity index (χ1) is 13.0. The fraction of sp³-hybridized carbons (Fsp3) is 0.263. The van der Waals surface area contributed by atoms with E-state index in [0.717, 1.165) is 17.2 Å². The molecule has 0 aliphatic carbocycles. The van der Waals surface area contributed by atoms with Crippen LogP contribution in [0.3, 0.4) is 0 Å². The molecule has 1 aliphatic rings. The van der Waals surface area contributed by atoms with Gasteiger partial charge in [-0.05, 0) is 36.8 Å². The van der Waals surface area contributed by atoms with Crippen LogP contribution in [-0.4, -0.2) is 53.4 Å². The predicted octanol–water partition coefficient (Wildman–Crippen LogP) is 2.09. The van der Waals surface area contributed by atoms with Gasteiger partial charge in [-0.3, -0.25) is 0 Å². The maximum atomic E-state index is 12.9. The third-order valence-corrected chi connectivity index (χ3v) is 6.59. The van der Waals surface area contributed by atoms with Gasteiger partial charge in [-0.25, -0.2) is 18.4 Å². The standard InChI is InChI=1S/C19H21N5O2S/c1-16-5-4-6-17(13-16)27(25,26)24-11-9-23(10-12-24)19-14-18(20-15-21-19)22-7-2-3-8-22/h2-8,13-15H,9-12H2,1H3. The van der Waals surface area contributed by atoms with Gasteiger partial charge in [-0.1, -0.05) is 12.1 Å². The van der Waals surface area contributed by atoms with Crippen molar-refractivity contribution in [2.24, 2.45) is 0 Å². The molecule has 4 rings (SSSR count). The molecule has 1 saturated heterocycles. The predicted molar refractivity (Wildman–Crippen MR) is 104 cm³/mol. The van der Waals surface area contributed by atoms with Crippen LogP contribution in [0.4, 0.5) is 5.82 Å². The third-order valence-electron chi connectivity index (χ3n) is 4.70. The molecule has 0 saturated carbocycles. The second-order valence-corrected chi connectivity index (χ2v) is 8.47. The van der Waals surface area contributed by atoms with Crippen molar-refractivity contribution in [3.8, 4) is 5.82 Å². The zero-order chi connectivity index (χ0) is 18.9. The van der Waals surface area contributed by atoms with Crippen molar-refractivity contribution >= 4 is 15.8 Å². The minimum absolute atomic E-state index is 0.355. The van der Waals surface area contributed by atoms with E-state index in [4.69, 9.17) is 0 Å². The highest BCUT2D eigenvalue weighted by atomic mass is 32.2. The van der Waals surface area contributed by atoms with Gasteiger partial charge in [0, 0.05) is 44.6 Å². The van der Waals surface area contributed by atoms with Crippen molar-refractivity contribution in [1.82, 2.24) is 18.8 Å². The SMILES string of the molecule is Cc1cccc(S(=O)(=O)N2CCN(c3cc(-n4cccc4)ncn3)CC2)c1. The van der Waals surface area contributed by atoms with Gasteiger partial charge in [0.1, 0.15) is 18.0 Å². The molecule has 1 fully saturated rings. The van der Waals surface area contributed by atoms with Gasteiger partial charge in [0.25, 0.3) is 0 Å². The molecule has 7 nitrogen and oxygen atoms in total. The number of benzene rings is 1. The summed E-state index contributed by atoms with van der Waals surface area (Å²) < 4.78 is 29.2. The van der Waals surface area contributed by atoms with E-state index in [1.807, 2.05) is 48.1 Å². The van der Waals surface area contributed by atoms with Gasteiger partial charge in [0.2, 0.25) is 10.0 Å². The molecular formula is C19H21N5O2S. The Balaban J connectivity index is 1.49. The van der Waals surface area contributed by atoms with Gasteiger partial charge in [-0.15, -0.1) is 0 Å². The lowest BCUT2D eigenvalue weighted by atomic mass is 10.2. The summed E-state index contributed by atoms with van der Waals surface area (Å²) in [6, 6.07) is 12.9. The Morgan fingerprint density at radius 1 is 0.889 bits per heavy atom. The highest BCUT2D eigenvalue weighted by Crippen LogP contribution is 2.21. The van der Waals surface area contributed by atoms with E-state index in [0.29, 0.717) is 31.1 Å². The van der Waals surface area contributed by atoms with Crippen LogP contribution in [-0.2, 0) is 10.0 Å². The van der Waals surface area contributed by atoms with E-state index >= 15 is 0 Å². The van der Waals surface area contributed by atoms with Crippen molar-refractivity contribution in [2.75, 3.05) is 31.1 Å². The van der Waals surface area contributed by atoms with Gasteiger partial charge < -0.3 is 9.47 Å². The number of sulfonamides is 1. The molecular weight excluding hydrogens is 362 g/mol. The molecule has 27 heavy (non-hydrogen) atoms. The quantitative estimate of drug-likeness (QED) is 0.690. The summed E-state index contributed by atoms with van der Waals surface area (Å²) in [5.74, 6) is 1.60. The summed E-state index contributed by atoms with van der Waals surface area (Å²) in [4.78, 5) is 11.1. The molecule has 1 aliphatic heterocycles. The number of hydrogen-bond acceptors (Lipinski definition) is 5. The van der Waals surface area contributed by atoms with Crippen LogP contribution in [0.25, 0.3) is 5.82 Å². The first-order valence-electron chi connectivity index (χ1n) is 8.81. The summed E-state index contributed by atoms with van der Waals surface area (Å²) in [7, 11) is -3.46. The first kappa shape index (κ1) is 17.7. The molecule has 140 valence electrons. The highest BCUT2D eigenvalue weighted by Gasteiger charge is 2.29. The maximum Gasteiger partial charge on any atom is 0.243 e. The average molecular weight is 383 g/mol. The number of piperazine rings is 1. The van der Waals surface area contributed by atoms with Crippen molar-refractivity contribution < 1.29 is 8.42 Å². The number of aryl methyl sites for hydroxylation is 1. The summed E-state index contributed by atoms with van der Waals surface area (Å²) in [5, 5.41) is 0. The Hall–Kier alpha value is -2.71. The zero-order valence-corrected chi connectivity index (χ0v) is 15.9. The molecule has 1 aromatic carbocycles. The van der Waals surface area contributed by atoms with Gasteiger partial charge in [0.15, 0.2) is 0 Å². The molecule has 0 amide bonds. The van der Waals surface area contributed by atoms with E-state index in [2.05, 4.69) is 14.9 Å². The number of hydrogen-bond donors (Lipinski definition) is 0. The largest absolute Gasteiger partial charge is 0.354 e. The zero-order valence-electron chi connectivity index (χ0n) is 15.1. The van der Waals surface area contributed by atoms with E-state index < -0.39 is 10.0 Å². The van der Waals surface area contributed by atoms with Crippen LogP contribution in [0.2, 0.25) is 0 Å². The number of nitrogens with zero attached hydrogens (tertiary/aromatic N) is 5. The van der Waals surface area contributed by atoms with Crippen LogP contribution in [0.1, 0.15) is 5.56 Å². The Kier molecular flexibility index (Phi) is 4.67. The van der Waals surface area contributed by atoms with Gasteiger partial charge in [-0.2, -0.15) is 4.31 Å². The molecule has 0 bridgehead atoms. The molecule has 3 aromatic rings. The fourth-order valence-corrected chi connectivity index (χ4v) is 4.75.